The standard InChI is InChI=1S/C15H33N3/c1-14-11-17-8-5-7-16-9-6-10-18(12-14)13-15(2,3)4/h14,16-17H,5-13H2,1-4H3. The second-order valence-electron chi connectivity index (χ2n) is 7.06. The maximum Gasteiger partial charge on any atom is 0.00302 e. The van der Waals surface area contributed by atoms with E-state index in [2.05, 4.69) is 43.2 Å². The Kier molecular flexibility index (Phi) is 7.20. The van der Waals surface area contributed by atoms with Gasteiger partial charge in [0.05, 0.1) is 0 Å². The topological polar surface area (TPSA) is 27.3 Å². The molecule has 0 amide bonds. The first kappa shape index (κ1) is 15.9. The van der Waals surface area contributed by atoms with Crippen molar-refractivity contribution in [1.82, 2.24) is 15.5 Å². The van der Waals surface area contributed by atoms with Gasteiger partial charge in [-0.15, -0.1) is 0 Å². The first-order valence-electron chi connectivity index (χ1n) is 7.61. The zero-order valence-corrected chi connectivity index (χ0v) is 12.9. The third-order valence-corrected chi connectivity index (χ3v) is 3.30. The van der Waals surface area contributed by atoms with E-state index in [1.54, 1.807) is 0 Å². The molecule has 0 aromatic carbocycles. The van der Waals surface area contributed by atoms with Crippen LogP contribution in [0.2, 0.25) is 0 Å². The van der Waals surface area contributed by atoms with Crippen LogP contribution < -0.4 is 10.6 Å². The predicted molar refractivity (Wildman–Crippen MR) is 80.0 cm³/mol. The van der Waals surface area contributed by atoms with E-state index in [1.165, 1.54) is 32.5 Å². The smallest absolute Gasteiger partial charge is 0.00302 e. The van der Waals surface area contributed by atoms with Crippen LogP contribution in [0, 0.1) is 11.3 Å². The summed E-state index contributed by atoms with van der Waals surface area (Å²) >= 11 is 0. The van der Waals surface area contributed by atoms with E-state index in [0.717, 1.165) is 32.1 Å². The predicted octanol–water partition coefficient (Wildman–Crippen LogP) is 1.94. The lowest BCUT2D eigenvalue weighted by Gasteiger charge is -2.32. The number of hydrogen-bond acceptors (Lipinski definition) is 3. The Hall–Kier alpha value is -0.120. The summed E-state index contributed by atoms with van der Waals surface area (Å²) in [6.07, 6.45) is 2.52. The van der Waals surface area contributed by atoms with Crippen LogP contribution in [-0.4, -0.2) is 50.7 Å². The summed E-state index contributed by atoms with van der Waals surface area (Å²) in [7, 11) is 0. The first-order valence-corrected chi connectivity index (χ1v) is 7.61. The summed E-state index contributed by atoms with van der Waals surface area (Å²) in [5.74, 6) is 0.750. The average molecular weight is 255 g/mol. The van der Waals surface area contributed by atoms with Gasteiger partial charge in [-0.1, -0.05) is 27.7 Å². The van der Waals surface area contributed by atoms with Gasteiger partial charge in [-0.3, -0.25) is 0 Å². The maximum absolute atomic E-state index is 3.57. The van der Waals surface area contributed by atoms with Crippen LogP contribution in [0.5, 0.6) is 0 Å². The molecule has 0 aliphatic carbocycles. The summed E-state index contributed by atoms with van der Waals surface area (Å²) in [6.45, 7) is 17.7. The van der Waals surface area contributed by atoms with Gasteiger partial charge in [-0.25, -0.2) is 0 Å². The Bertz CT molecular complexity index is 210. The molecular weight excluding hydrogens is 222 g/mol. The molecule has 2 N–H and O–H groups in total. The molecular formula is C15H33N3. The van der Waals surface area contributed by atoms with E-state index in [-0.39, 0.29) is 0 Å². The third kappa shape index (κ3) is 8.06. The van der Waals surface area contributed by atoms with Crippen molar-refractivity contribution in [3.05, 3.63) is 0 Å². The summed E-state index contributed by atoms with van der Waals surface area (Å²) < 4.78 is 0. The molecule has 1 heterocycles. The minimum Gasteiger partial charge on any atom is -0.317 e. The molecule has 0 radical (unpaired) electrons. The average Bonchev–Trinajstić information content (AvgIpc) is 2.22. The van der Waals surface area contributed by atoms with Gasteiger partial charge in [0, 0.05) is 13.1 Å². The van der Waals surface area contributed by atoms with E-state index in [0.29, 0.717) is 5.41 Å². The van der Waals surface area contributed by atoms with Crippen LogP contribution >= 0.6 is 0 Å². The SMILES string of the molecule is CC1CNCCCNCCCN(CC(C)(C)C)C1. The quantitative estimate of drug-likeness (QED) is 0.750. The van der Waals surface area contributed by atoms with Crippen molar-refractivity contribution in [2.75, 3.05) is 45.8 Å². The zero-order valence-electron chi connectivity index (χ0n) is 12.9. The van der Waals surface area contributed by atoms with Crippen LogP contribution in [0.4, 0.5) is 0 Å². The molecule has 1 atom stereocenters. The lowest BCUT2D eigenvalue weighted by molar-refractivity contribution is 0.166. The lowest BCUT2D eigenvalue weighted by atomic mass is 9.95. The largest absolute Gasteiger partial charge is 0.317 e. The third-order valence-electron chi connectivity index (χ3n) is 3.30. The molecule has 1 rings (SSSR count). The molecule has 1 fully saturated rings. The van der Waals surface area contributed by atoms with Gasteiger partial charge in [-0.05, 0) is 56.9 Å². The molecule has 0 bridgehead atoms. The molecule has 0 saturated carbocycles. The maximum atomic E-state index is 3.57. The Labute approximate surface area is 114 Å². The molecule has 18 heavy (non-hydrogen) atoms. The Morgan fingerprint density at radius 3 is 2.44 bits per heavy atom. The van der Waals surface area contributed by atoms with E-state index in [1.807, 2.05) is 0 Å². The summed E-state index contributed by atoms with van der Waals surface area (Å²) in [5, 5.41) is 7.10. The molecule has 0 aromatic heterocycles. The van der Waals surface area contributed by atoms with Crippen LogP contribution in [0.15, 0.2) is 0 Å². The van der Waals surface area contributed by atoms with Gasteiger partial charge in [0.2, 0.25) is 0 Å². The number of hydrogen-bond donors (Lipinski definition) is 2. The highest BCUT2D eigenvalue weighted by molar-refractivity contribution is 4.73. The van der Waals surface area contributed by atoms with E-state index in [9.17, 15) is 0 Å². The van der Waals surface area contributed by atoms with E-state index in [4.69, 9.17) is 0 Å². The Morgan fingerprint density at radius 2 is 1.72 bits per heavy atom. The van der Waals surface area contributed by atoms with Crippen molar-refractivity contribution in [2.24, 2.45) is 11.3 Å². The van der Waals surface area contributed by atoms with Crippen LogP contribution in [0.1, 0.15) is 40.5 Å². The fourth-order valence-corrected chi connectivity index (χ4v) is 2.65. The second kappa shape index (κ2) is 8.13. The highest BCUT2D eigenvalue weighted by atomic mass is 15.1. The van der Waals surface area contributed by atoms with Gasteiger partial charge in [-0.2, -0.15) is 0 Å². The molecule has 108 valence electrons. The number of rotatable bonds is 1. The normalized spacial score (nSPS) is 26.3. The van der Waals surface area contributed by atoms with Crippen molar-refractivity contribution in [3.63, 3.8) is 0 Å². The second-order valence-corrected chi connectivity index (χ2v) is 7.06. The molecule has 0 spiro atoms. The zero-order chi connectivity index (χ0) is 13.4. The first-order chi connectivity index (χ1) is 8.47. The van der Waals surface area contributed by atoms with E-state index >= 15 is 0 Å². The minimum atomic E-state index is 0.400. The number of nitrogens with zero attached hydrogens (tertiary/aromatic N) is 1. The molecule has 1 unspecified atom stereocenters. The van der Waals surface area contributed by atoms with Crippen LogP contribution in [0.25, 0.3) is 0 Å². The summed E-state index contributed by atoms with van der Waals surface area (Å²) in [6, 6.07) is 0. The molecule has 1 aliphatic rings. The fourth-order valence-electron chi connectivity index (χ4n) is 2.65. The lowest BCUT2D eigenvalue weighted by Crippen LogP contribution is -2.40. The highest BCUT2D eigenvalue weighted by Gasteiger charge is 2.18. The molecule has 0 aromatic rings. The Morgan fingerprint density at radius 1 is 1.06 bits per heavy atom. The van der Waals surface area contributed by atoms with Gasteiger partial charge in [0.15, 0.2) is 0 Å². The molecule has 1 aliphatic heterocycles. The van der Waals surface area contributed by atoms with E-state index < -0.39 is 0 Å². The highest BCUT2D eigenvalue weighted by Crippen LogP contribution is 2.16. The monoisotopic (exact) mass is 255 g/mol. The minimum absolute atomic E-state index is 0.400. The summed E-state index contributed by atoms with van der Waals surface area (Å²) in [4.78, 5) is 2.65. The van der Waals surface area contributed by atoms with Gasteiger partial charge in [0.1, 0.15) is 0 Å². The summed E-state index contributed by atoms with van der Waals surface area (Å²) in [5.41, 5.74) is 0.400. The van der Waals surface area contributed by atoms with Gasteiger partial charge < -0.3 is 15.5 Å². The van der Waals surface area contributed by atoms with Gasteiger partial charge >= 0.3 is 0 Å². The van der Waals surface area contributed by atoms with Crippen molar-refractivity contribution >= 4 is 0 Å². The van der Waals surface area contributed by atoms with Crippen molar-refractivity contribution < 1.29 is 0 Å². The number of nitrogens with one attached hydrogen (secondary N) is 2. The molecule has 3 nitrogen and oxygen atoms in total. The molecule has 1 saturated heterocycles. The fraction of sp³-hybridized carbons (Fsp3) is 1.00. The van der Waals surface area contributed by atoms with Crippen LogP contribution in [0.3, 0.4) is 0 Å². The van der Waals surface area contributed by atoms with Crippen molar-refractivity contribution in [2.45, 2.75) is 40.5 Å². The van der Waals surface area contributed by atoms with Gasteiger partial charge in [0.25, 0.3) is 0 Å². The van der Waals surface area contributed by atoms with Crippen LogP contribution in [-0.2, 0) is 0 Å². The van der Waals surface area contributed by atoms with Crippen molar-refractivity contribution in [1.29, 1.82) is 0 Å². The van der Waals surface area contributed by atoms with Crippen molar-refractivity contribution in [3.8, 4) is 0 Å². The molecule has 3 heteroatoms. The Balaban J connectivity index is 2.44.